The molecule has 0 radical (unpaired) electrons. The van der Waals surface area contributed by atoms with Crippen LogP contribution >= 0.6 is 0 Å². The number of ether oxygens (including phenoxy) is 3. The third kappa shape index (κ3) is 5.78. The van der Waals surface area contributed by atoms with Crippen LogP contribution in [0.4, 0.5) is 4.79 Å². The smallest absolute Gasteiger partial charge is 0.433 e. The summed E-state index contributed by atoms with van der Waals surface area (Å²) in [4.78, 5) is 24.1. The fourth-order valence-electron chi connectivity index (χ4n) is 3.29. The molecule has 0 aromatic rings. The Bertz CT molecular complexity index is 524. The van der Waals surface area contributed by atoms with E-state index < -0.39 is 35.2 Å². The zero-order valence-electron chi connectivity index (χ0n) is 17.2. The first-order chi connectivity index (χ1) is 12.4. The van der Waals surface area contributed by atoms with Crippen molar-refractivity contribution in [2.45, 2.75) is 52.1 Å². The summed E-state index contributed by atoms with van der Waals surface area (Å²) in [7, 11) is 1.48. The van der Waals surface area contributed by atoms with E-state index in [1.807, 2.05) is 27.7 Å². The average Bonchev–Trinajstić information content (AvgIpc) is 2.76. The monoisotopic (exact) mass is 390 g/mol. The highest BCUT2D eigenvalue weighted by molar-refractivity contribution is 5.82. The predicted molar refractivity (Wildman–Crippen MR) is 97.3 cm³/mol. The second-order valence-corrected chi connectivity index (χ2v) is 8.49. The minimum atomic E-state index is -1.29. The second kappa shape index (κ2) is 9.18. The SMILES string of the molecule is COCCOC(=O)OCC(C)(CO)C(=O)NCC1CC(C)(C)N(O)C1(C)C. The Balaban J connectivity index is 2.59. The van der Waals surface area contributed by atoms with Crippen LogP contribution in [-0.2, 0) is 19.0 Å². The van der Waals surface area contributed by atoms with Gasteiger partial charge in [0.2, 0.25) is 5.91 Å². The lowest BCUT2D eigenvalue weighted by Gasteiger charge is -2.36. The fraction of sp³-hybridized carbons (Fsp3) is 0.889. The Morgan fingerprint density at radius 3 is 2.33 bits per heavy atom. The van der Waals surface area contributed by atoms with Gasteiger partial charge in [0.25, 0.3) is 0 Å². The first-order valence-electron chi connectivity index (χ1n) is 9.07. The van der Waals surface area contributed by atoms with Gasteiger partial charge in [-0.15, -0.1) is 0 Å². The standard InChI is InChI=1S/C18H34N2O7/c1-16(2)9-13(17(3,4)20(16)24)10-19-14(22)18(5,11-21)12-27-15(23)26-8-7-25-6/h13,21,24H,7-12H2,1-6H3,(H,19,22). The molecule has 1 fully saturated rings. The number of nitrogens with one attached hydrogen (secondary N) is 1. The Kier molecular flexibility index (Phi) is 8.03. The Labute approximate surface area is 160 Å². The van der Waals surface area contributed by atoms with Crippen LogP contribution in [-0.4, -0.2) is 78.6 Å². The summed E-state index contributed by atoms with van der Waals surface area (Å²) in [6.45, 7) is 9.04. The number of aliphatic hydroxyl groups excluding tert-OH is 1. The molecule has 1 rings (SSSR count). The molecule has 9 nitrogen and oxygen atoms in total. The van der Waals surface area contributed by atoms with Crippen LogP contribution in [0.5, 0.6) is 0 Å². The highest BCUT2D eigenvalue weighted by atomic mass is 16.7. The van der Waals surface area contributed by atoms with Crippen molar-refractivity contribution < 1.29 is 34.1 Å². The molecule has 2 unspecified atom stereocenters. The van der Waals surface area contributed by atoms with Crippen molar-refractivity contribution >= 4 is 12.1 Å². The van der Waals surface area contributed by atoms with Gasteiger partial charge in [0, 0.05) is 24.7 Å². The van der Waals surface area contributed by atoms with E-state index >= 15 is 0 Å². The number of carbonyl (C=O) groups is 2. The number of carbonyl (C=O) groups excluding carboxylic acids is 2. The van der Waals surface area contributed by atoms with E-state index in [2.05, 4.69) is 5.32 Å². The Hall–Kier alpha value is -1.42. The van der Waals surface area contributed by atoms with Gasteiger partial charge in [0.15, 0.2) is 0 Å². The average molecular weight is 390 g/mol. The molecule has 2 atom stereocenters. The van der Waals surface area contributed by atoms with E-state index in [0.717, 1.165) is 0 Å². The third-order valence-corrected chi connectivity index (χ3v) is 5.29. The molecule has 0 aromatic heterocycles. The summed E-state index contributed by atoms with van der Waals surface area (Å²) in [5.74, 6) is -0.413. The summed E-state index contributed by atoms with van der Waals surface area (Å²) in [6.07, 6.45) is -0.219. The number of rotatable bonds is 9. The van der Waals surface area contributed by atoms with Gasteiger partial charge in [-0.05, 0) is 47.0 Å². The number of hydroxylamine groups is 2. The maximum atomic E-state index is 12.6. The van der Waals surface area contributed by atoms with E-state index in [4.69, 9.17) is 14.2 Å². The lowest BCUT2D eigenvalue weighted by atomic mass is 9.86. The van der Waals surface area contributed by atoms with Crippen molar-refractivity contribution in [2.75, 3.05) is 40.1 Å². The molecule has 1 amide bonds. The first kappa shape index (κ1) is 23.6. The summed E-state index contributed by atoms with van der Waals surface area (Å²) >= 11 is 0. The normalized spacial score (nSPS) is 23.5. The number of methoxy groups -OCH3 is 1. The summed E-state index contributed by atoms with van der Waals surface area (Å²) in [6, 6.07) is 0. The van der Waals surface area contributed by atoms with E-state index in [9.17, 15) is 19.9 Å². The van der Waals surface area contributed by atoms with Crippen molar-refractivity contribution in [3.05, 3.63) is 0 Å². The van der Waals surface area contributed by atoms with E-state index in [0.29, 0.717) is 13.0 Å². The lowest BCUT2D eigenvalue weighted by Crippen LogP contribution is -2.51. The minimum absolute atomic E-state index is 0.0179. The lowest BCUT2D eigenvalue weighted by molar-refractivity contribution is -0.196. The van der Waals surface area contributed by atoms with Gasteiger partial charge in [0.05, 0.1) is 13.2 Å². The zero-order chi connectivity index (χ0) is 20.9. The van der Waals surface area contributed by atoms with Crippen molar-refractivity contribution in [1.82, 2.24) is 10.4 Å². The maximum Gasteiger partial charge on any atom is 0.508 e. The number of hydrogen-bond donors (Lipinski definition) is 3. The molecule has 0 saturated carbocycles. The molecule has 0 spiro atoms. The predicted octanol–water partition coefficient (Wildman–Crippen LogP) is 1.17. The zero-order valence-corrected chi connectivity index (χ0v) is 17.2. The second-order valence-electron chi connectivity index (χ2n) is 8.49. The largest absolute Gasteiger partial charge is 0.508 e. The molecular formula is C18H34N2O7. The molecule has 9 heteroatoms. The molecular weight excluding hydrogens is 356 g/mol. The van der Waals surface area contributed by atoms with Crippen LogP contribution in [0.25, 0.3) is 0 Å². The van der Waals surface area contributed by atoms with Gasteiger partial charge < -0.3 is 29.8 Å². The maximum absolute atomic E-state index is 12.6. The van der Waals surface area contributed by atoms with E-state index in [1.54, 1.807) is 0 Å². The summed E-state index contributed by atoms with van der Waals surface area (Å²) < 4.78 is 14.5. The van der Waals surface area contributed by atoms with Crippen molar-refractivity contribution in [3.8, 4) is 0 Å². The molecule has 1 aliphatic heterocycles. The van der Waals surface area contributed by atoms with Gasteiger partial charge >= 0.3 is 6.16 Å². The first-order valence-corrected chi connectivity index (χ1v) is 9.07. The van der Waals surface area contributed by atoms with Crippen LogP contribution in [0.2, 0.25) is 0 Å². The quantitative estimate of drug-likeness (QED) is 0.397. The highest BCUT2D eigenvalue weighted by Gasteiger charge is 2.51. The molecule has 1 saturated heterocycles. The van der Waals surface area contributed by atoms with Crippen LogP contribution < -0.4 is 5.32 Å². The van der Waals surface area contributed by atoms with Gasteiger partial charge in [-0.3, -0.25) is 4.79 Å². The number of hydrogen-bond acceptors (Lipinski definition) is 8. The van der Waals surface area contributed by atoms with Crippen molar-refractivity contribution in [1.29, 1.82) is 0 Å². The number of aliphatic hydroxyl groups is 1. The molecule has 0 aromatic carbocycles. The van der Waals surface area contributed by atoms with Crippen molar-refractivity contribution in [2.24, 2.45) is 11.3 Å². The number of nitrogens with zero attached hydrogens (tertiary/aromatic N) is 1. The molecule has 0 aliphatic carbocycles. The van der Waals surface area contributed by atoms with Crippen LogP contribution in [0.1, 0.15) is 41.0 Å². The van der Waals surface area contributed by atoms with Crippen LogP contribution in [0, 0.1) is 11.3 Å². The molecule has 27 heavy (non-hydrogen) atoms. The highest BCUT2D eigenvalue weighted by Crippen LogP contribution is 2.43. The molecule has 158 valence electrons. The molecule has 1 heterocycles. The van der Waals surface area contributed by atoms with Crippen LogP contribution in [0.15, 0.2) is 0 Å². The Morgan fingerprint density at radius 2 is 1.85 bits per heavy atom. The van der Waals surface area contributed by atoms with E-state index in [-0.39, 0.29) is 25.7 Å². The van der Waals surface area contributed by atoms with Gasteiger partial charge in [-0.1, -0.05) is 0 Å². The van der Waals surface area contributed by atoms with Crippen molar-refractivity contribution in [3.63, 3.8) is 0 Å². The van der Waals surface area contributed by atoms with Gasteiger partial charge in [-0.2, -0.15) is 5.06 Å². The molecule has 0 bridgehead atoms. The Morgan fingerprint density at radius 1 is 1.22 bits per heavy atom. The third-order valence-electron chi connectivity index (χ3n) is 5.29. The molecule has 3 N–H and O–H groups in total. The number of amides is 1. The molecule has 1 aliphatic rings. The fourth-order valence-corrected chi connectivity index (χ4v) is 3.29. The van der Waals surface area contributed by atoms with Gasteiger partial charge in [0.1, 0.15) is 18.6 Å². The van der Waals surface area contributed by atoms with Gasteiger partial charge in [-0.25, -0.2) is 4.79 Å². The van der Waals surface area contributed by atoms with Crippen LogP contribution in [0.3, 0.4) is 0 Å². The van der Waals surface area contributed by atoms with E-state index in [1.165, 1.54) is 19.1 Å². The minimum Gasteiger partial charge on any atom is -0.433 e. The summed E-state index contributed by atoms with van der Waals surface area (Å²) in [5.41, 5.74) is -2.19. The summed E-state index contributed by atoms with van der Waals surface area (Å²) in [5, 5.41) is 24.2. The topological polar surface area (TPSA) is 118 Å².